The predicted molar refractivity (Wildman–Crippen MR) is 145 cm³/mol. The molecule has 3 rings (SSSR count). The van der Waals surface area contributed by atoms with Gasteiger partial charge < -0.3 is 15.0 Å². The standard InChI is InChI=1S/C28H33N3O5S/c1-4-26(28(33)29-5-2)30(20-22-12-8-6-9-13-22)27(32)21-31(37(3,34)35)23-16-18-25(19-17-23)36-24-14-10-7-11-15-24/h6-19,26H,4-5,20-21H2,1-3H3,(H,29,33). The van der Waals surface area contributed by atoms with Crippen LogP contribution in [0.5, 0.6) is 11.5 Å². The first-order valence-electron chi connectivity index (χ1n) is 12.1. The normalized spacial score (nSPS) is 11.9. The van der Waals surface area contributed by atoms with Crippen molar-refractivity contribution in [3.8, 4) is 11.5 Å². The van der Waals surface area contributed by atoms with Crippen molar-refractivity contribution in [2.45, 2.75) is 32.9 Å². The summed E-state index contributed by atoms with van der Waals surface area (Å²) in [5, 5.41) is 2.78. The minimum atomic E-state index is -3.81. The van der Waals surface area contributed by atoms with Crippen molar-refractivity contribution in [2.75, 3.05) is 23.7 Å². The van der Waals surface area contributed by atoms with Crippen LogP contribution in [0.1, 0.15) is 25.8 Å². The Bertz CT molecular complexity index is 1270. The van der Waals surface area contributed by atoms with Crippen LogP contribution in [0.25, 0.3) is 0 Å². The lowest BCUT2D eigenvalue weighted by molar-refractivity contribution is -0.140. The van der Waals surface area contributed by atoms with E-state index in [0.717, 1.165) is 16.1 Å². The number of hydrogen-bond donors (Lipinski definition) is 1. The minimum absolute atomic E-state index is 0.177. The first-order chi connectivity index (χ1) is 17.7. The second kappa shape index (κ2) is 12.9. The van der Waals surface area contributed by atoms with Gasteiger partial charge in [0.05, 0.1) is 11.9 Å². The minimum Gasteiger partial charge on any atom is -0.457 e. The smallest absolute Gasteiger partial charge is 0.244 e. The molecule has 1 unspecified atom stereocenters. The van der Waals surface area contributed by atoms with Crippen LogP contribution in [0.2, 0.25) is 0 Å². The fourth-order valence-electron chi connectivity index (χ4n) is 3.91. The zero-order chi connectivity index (χ0) is 26.8. The highest BCUT2D eigenvalue weighted by atomic mass is 32.2. The molecule has 0 heterocycles. The van der Waals surface area contributed by atoms with Crippen molar-refractivity contribution in [2.24, 2.45) is 0 Å². The lowest BCUT2D eigenvalue weighted by Gasteiger charge is -2.32. The summed E-state index contributed by atoms with van der Waals surface area (Å²) in [6, 6.07) is 24.3. The Kier molecular flexibility index (Phi) is 9.68. The van der Waals surface area contributed by atoms with Crippen LogP contribution in [0.4, 0.5) is 5.69 Å². The van der Waals surface area contributed by atoms with Gasteiger partial charge in [0.25, 0.3) is 0 Å². The van der Waals surface area contributed by atoms with Crippen LogP contribution in [0.15, 0.2) is 84.9 Å². The van der Waals surface area contributed by atoms with E-state index in [4.69, 9.17) is 4.74 Å². The number of ether oxygens (including phenoxy) is 1. The molecular weight excluding hydrogens is 490 g/mol. The molecular formula is C28H33N3O5S. The van der Waals surface area contributed by atoms with E-state index in [1.807, 2.05) is 74.5 Å². The number of sulfonamides is 1. The predicted octanol–water partition coefficient (Wildman–Crippen LogP) is 4.19. The third kappa shape index (κ3) is 7.82. The average molecular weight is 524 g/mol. The molecule has 8 nitrogen and oxygen atoms in total. The van der Waals surface area contributed by atoms with Gasteiger partial charge in [-0.1, -0.05) is 55.5 Å². The molecule has 0 bridgehead atoms. The van der Waals surface area contributed by atoms with Crippen molar-refractivity contribution in [3.05, 3.63) is 90.5 Å². The summed E-state index contributed by atoms with van der Waals surface area (Å²) in [6.45, 7) is 3.79. The largest absolute Gasteiger partial charge is 0.457 e. The van der Waals surface area contributed by atoms with Crippen LogP contribution in [-0.2, 0) is 26.2 Å². The van der Waals surface area contributed by atoms with Crippen molar-refractivity contribution >= 4 is 27.5 Å². The topological polar surface area (TPSA) is 96.0 Å². The van der Waals surface area contributed by atoms with Crippen LogP contribution in [-0.4, -0.2) is 50.5 Å². The van der Waals surface area contributed by atoms with Gasteiger partial charge in [0.2, 0.25) is 21.8 Å². The highest BCUT2D eigenvalue weighted by Gasteiger charge is 2.31. The van der Waals surface area contributed by atoms with Crippen molar-refractivity contribution in [3.63, 3.8) is 0 Å². The lowest BCUT2D eigenvalue weighted by atomic mass is 10.1. The van der Waals surface area contributed by atoms with Crippen LogP contribution in [0.3, 0.4) is 0 Å². The molecule has 0 aliphatic rings. The van der Waals surface area contributed by atoms with Crippen molar-refractivity contribution < 1.29 is 22.7 Å². The average Bonchev–Trinajstić information content (AvgIpc) is 2.88. The van der Waals surface area contributed by atoms with Gasteiger partial charge in [0, 0.05) is 13.1 Å². The van der Waals surface area contributed by atoms with E-state index in [9.17, 15) is 18.0 Å². The zero-order valence-electron chi connectivity index (χ0n) is 21.3. The van der Waals surface area contributed by atoms with Gasteiger partial charge in [0.15, 0.2) is 0 Å². The zero-order valence-corrected chi connectivity index (χ0v) is 22.1. The number of benzene rings is 3. The monoisotopic (exact) mass is 523 g/mol. The van der Waals surface area contributed by atoms with E-state index < -0.39 is 28.5 Å². The maximum Gasteiger partial charge on any atom is 0.244 e. The number of amides is 2. The Balaban J connectivity index is 1.87. The van der Waals surface area contributed by atoms with E-state index >= 15 is 0 Å². The Morgan fingerprint density at radius 1 is 0.865 bits per heavy atom. The number of para-hydroxylation sites is 1. The molecule has 3 aromatic rings. The number of nitrogens with zero attached hydrogens (tertiary/aromatic N) is 2. The summed E-state index contributed by atoms with van der Waals surface area (Å²) in [5.74, 6) is 0.431. The van der Waals surface area contributed by atoms with Crippen LogP contribution >= 0.6 is 0 Å². The number of anilines is 1. The van der Waals surface area contributed by atoms with Gasteiger partial charge in [0.1, 0.15) is 24.1 Å². The maximum atomic E-state index is 13.6. The SMILES string of the molecule is CCNC(=O)C(CC)N(Cc1ccccc1)C(=O)CN(c1ccc(Oc2ccccc2)cc1)S(C)(=O)=O. The quantitative estimate of drug-likeness (QED) is 0.384. The highest BCUT2D eigenvalue weighted by molar-refractivity contribution is 7.92. The molecule has 196 valence electrons. The molecule has 2 amide bonds. The molecule has 0 saturated carbocycles. The summed E-state index contributed by atoms with van der Waals surface area (Å²) in [6.07, 6.45) is 1.44. The van der Waals surface area contributed by atoms with Gasteiger partial charge >= 0.3 is 0 Å². The second-order valence-electron chi connectivity index (χ2n) is 8.50. The first-order valence-corrected chi connectivity index (χ1v) is 14.0. The van der Waals surface area contributed by atoms with E-state index in [0.29, 0.717) is 30.2 Å². The Hall–Kier alpha value is -3.85. The Labute approximate surface area is 218 Å². The third-order valence-corrected chi connectivity index (χ3v) is 6.86. The molecule has 0 fully saturated rings. The van der Waals surface area contributed by atoms with Gasteiger partial charge in [-0.05, 0) is 55.3 Å². The number of hydrogen-bond acceptors (Lipinski definition) is 5. The Morgan fingerprint density at radius 2 is 1.43 bits per heavy atom. The first kappa shape index (κ1) is 27.7. The summed E-state index contributed by atoms with van der Waals surface area (Å²) in [5.41, 5.74) is 1.16. The fraction of sp³-hybridized carbons (Fsp3) is 0.286. The molecule has 0 aliphatic carbocycles. The van der Waals surface area contributed by atoms with Gasteiger partial charge in [-0.3, -0.25) is 13.9 Å². The molecule has 0 spiro atoms. The summed E-state index contributed by atoms with van der Waals surface area (Å²) in [7, 11) is -3.81. The van der Waals surface area contributed by atoms with E-state index in [-0.39, 0.29) is 12.5 Å². The molecule has 0 aromatic heterocycles. The van der Waals surface area contributed by atoms with Gasteiger partial charge in [-0.15, -0.1) is 0 Å². The molecule has 0 aliphatic heterocycles. The van der Waals surface area contributed by atoms with E-state index in [1.54, 1.807) is 24.3 Å². The summed E-state index contributed by atoms with van der Waals surface area (Å²) >= 11 is 0. The third-order valence-electron chi connectivity index (χ3n) is 5.72. The number of rotatable bonds is 12. The number of likely N-dealkylation sites (N-methyl/N-ethyl adjacent to an activating group) is 1. The van der Waals surface area contributed by atoms with Crippen molar-refractivity contribution in [1.82, 2.24) is 10.2 Å². The summed E-state index contributed by atoms with van der Waals surface area (Å²) in [4.78, 5) is 27.9. The van der Waals surface area contributed by atoms with Gasteiger partial charge in [-0.25, -0.2) is 8.42 Å². The van der Waals surface area contributed by atoms with Gasteiger partial charge in [-0.2, -0.15) is 0 Å². The van der Waals surface area contributed by atoms with E-state index in [1.165, 1.54) is 4.90 Å². The second-order valence-corrected chi connectivity index (χ2v) is 10.4. The highest BCUT2D eigenvalue weighted by Crippen LogP contribution is 2.26. The molecule has 0 saturated heterocycles. The lowest BCUT2D eigenvalue weighted by Crippen LogP contribution is -2.52. The Morgan fingerprint density at radius 3 is 1.97 bits per heavy atom. The number of carbonyl (C=O) groups excluding carboxylic acids is 2. The van der Waals surface area contributed by atoms with Crippen LogP contribution in [0, 0.1) is 0 Å². The maximum absolute atomic E-state index is 13.6. The molecule has 1 N–H and O–H groups in total. The molecule has 3 aromatic carbocycles. The number of carbonyl (C=O) groups is 2. The van der Waals surface area contributed by atoms with Crippen molar-refractivity contribution in [1.29, 1.82) is 0 Å². The van der Waals surface area contributed by atoms with E-state index in [2.05, 4.69) is 5.32 Å². The molecule has 9 heteroatoms. The summed E-state index contributed by atoms with van der Waals surface area (Å²) < 4.78 is 32.3. The van der Waals surface area contributed by atoms with Crippen LogP contribution < -0.4 is 14.4 Å². The molecule has 0 radical (unpaired) electrons. The number of nitrogens with one attached hydrogen (secondary N) is 1. The molecule has 37 heavy (non-hydrogen) atoms. The fourth-order valence-corrected chi connectivity index (χ4v) is 4.76. The molecule has 1 atom stereocenters.